The van der Waals surface area contributed by atoms with Gasteiger partial charge in [-0.1, -0.05) is 38.9 Å². The molecule has 7 heterocycles. The van der Waals surface area contributed by atoms with E-state index in [1.54, 1.807) is 24.1 Å². The lowest BCUT2D eigenvalue weighted by Gasteiger charge is -2.48. The normalized spacial score (nSPS) is 38.4. The lowest BCUT2D eigenvalue weighted by atomic mass is 9.72. The number of hydrogen-bond acceptors (Lipinski definition) is 16. The summed E-state index contributed by atoms with van der Waals surface area (Å²) in [5.41, 5.74) is 7.45. The number of nitrogens with zero attached hydrogens (tertiary/aromatic N) is 6. The van der Waals surface area contributed by atoms with Crippen molar-refractivity contribution in [1.29, 1.82) is 0 Å². The van der Waals surface area contributed by atoms with E-state index in [1.807, 2.05) is 77.9 Å². The first-order chi connectivity index (χ1) is 29.9. The van der Waals surface area contributed by atoms with Crippen LogP contribution in [0.25, 0.3) is 11.4 Å². The maximum Gasteiger partial charge on any atom is 0.410 e. The lowest BCUT2D eigenvalue weighted by Crippen LogP contribution is -2.60. The Morgan fingerprint density at radius 3 is 2.54 bits per heavy atom. The van der Waals surface area contributed by atoms with Gasteiger partial charge in [-0.25, -0.2) is 9.78 Å². The van der Waals surface area contributed by atoms with Crippen LogP contribution < -0.4 is 5.73 Å². The molecule has 0 radical (unpaired) electrons. The smallest absolute Gasteiger partial charge is 0.410 e. The minimum atomic E-state index is -1.15. The van der Waals surface area contributed by atoms with E-state index in [4.69, 9.17) is 49.0 Å². The van der Waals surface area contributed by atoms with Crippen LogP contribution in [0.3, 0.4) is 0 Å². The molecule has 0 aromatic carbocycles. The van der Waals surface area contributed by atoms with E-state index in [0.29, 0.717) is 60.8 Å². The molecule has 5 aliphatic rings. The summed E-state index contributed by atoms with van der Waals surface area (Å²) in [7, 11) is 3.86. The number of rotatable bonds is 8. The number of oxime groups is 1. The van der Waals surface area contributed by atoms with Crippen LogP contribution in [0.15, 0.2) is 46.7 Å². The van der Waals surface area contributed by atoms with Gasteiger partial charge in [0.15, 0.2) is 18.5 Å². The van der Waals surface area contributed by atoms with Crippen molar-refractivity contribution >= 4 is 29.2 Å². The van der Waals surface area contributed by atoms with Crippen LogP contribution in [0, 0.1) is 23.7 Å². The number of hydrogen-bond donors (Lipinski definition) is 2. The number of amides is 1. The maximum absolute atomic E-state index is 14.6. The third kappa shape index (κ3) is 9.59. The van der Waals surface area contributed by atoms with Gasteiger partial charge in [0, 0.05) is 30.1 Å². The summed E-state index contributed by atoms with van der Waals surface area (Å²) in [6.45, 7) is 16.5. The molecule has 4 fully saturated rings. The number of anilines is 1. The molecule has 0 spiro atoms. The van der Waals surface area contributed by atoms with E-state index in [2.05, 4.69) is 24.0 Å². The number of nitrogen functional groups attached to an aromatic ring is 1. The molecule has 0 saturated carbocycles. The van der Waals surface area contributed by atoms with E-state index in [9.17, 15) is 14.7 Å². The van der Waals surface area contributed by atoms with Gasteiger partial charge in [-0.3, -0.25) is 19.7 Å². The van der Waals surface area contributed by atoms with Gasteiger partial charge in [0.25, 0.3) is 0 Å². The third-order valence-corrected chi connectivity index (χ3v) is 13.8. The number of ether oxygens (including phenoxy) is 6. The number of fused-ring (bicyclic) bond motifs is 4. The fourth-order valence-electron chi connectivity index (χ4n) is 10.7. The molecule has 5 aliphatic heterocycles. The van der Waals surface area contributed by atoms with Crippen LogP contribution in [-0.2, 0) is 44.7 Å². The molecule has 14 atom stereocenters. The second-order valence-corrected chi connectivity index (χ2v) is 18.8. The van der Waals surface area contributed by atoms with E-state index in [1.165, 1.54) is 0 Å². The number of pyridine rings is 2. The van der Waals surface area contributed by atoms with E-state index >= 15 is 0 Å². The first-order valence-corrected chi connectivity index (χ1v) is 22.4. The van der Waals surface area contributed by atoms with Crippen molar-refractivity contribution in [3.63, 3.8) is 0 Å². The maximum atomic E-state index is 14.6. The molecule has 17 nitrogen and oxygen atoms in total. The van der Waals surface area contributed by atoms with Crippen LogP contribution in [-0.4, -0.2) is 149 Å². The predicted octanol–water partition coefficient (Wildman–Crippen LogP) is 4.89. The Kier molecular flexibility index (Phi) is 14.1. The summed E-state index contributed by atoms with van der Waals surface area (Å²) >= 11 is 0. The van der Waals surface area contributed by atoms with Crippen LogP contribution in [0.2, 0.25) is 0 Å². The highest BCUT2D eigenvalue weighted by Crippen LogP contribution is 2.45. The van der Waals surface area contributed by atoms with E-state index in [-0.39, 0.29) is 43.8 Å². The summed E-state index contributed by atoms with van der Waals surface area (Å²) in [4.78, 5) is 52.1. The molecule has 1 amide bonds. The number of carbonyl (C=O) groups excluding carboxylic acids is 2. The number of nitrogens with two attached hydrogens (primary N) is 1. The highest BCUT2D eigenvalue weighted by atomic mass is 16.7. The minimum absolute atomic E-state index is 0.00820. The standard InChI is InChI=1S/C46H67N7O10/c1-11-36-46(8)40-27(4)37(48-17-18-53(40)44(56)63-46)25(2)20-45(7)41(62-43-38(54)35(52(9)10)19-26(3)60-43)28(5)39(29(6)42(55)61-36)57-22-32(23-58-45)51-59-24-31-13-12-14-34(50-31)33-16-15-30(47)21-49-33/h12-16,21,25-29,35-36,38-41,43,54H,11,17-20,22-24,47H2,1-10H3/t25-,26+,27+,28-,29-,35-,36+,38+,39+,40-,41+,43-,45-,46-/m1/s1. The zero-order valence-corrected chi connectivity index (χ0v) is 38.4. The minimum Gasteiger partial charge on any atom is -0.458 e. The Morgan fingerprint density at radius 2 is 1.83 bits per heavy atom. The van der Waals surface area contributed by atoms with Gasteiger partial charge in [-0.15, -0.1) is 0 Å². The summed E-state index contributed by atoms with van der Waals surface area (Å²) in [5.74, 6) is -2.35. The lowest BCUT2D eigenvalue weighted by molar-refractivity contribution is -0.302. The molecule has 4 bridgehead atoms. The highest BCUT2D eigenvalue weighted by Gasteiger charge is 2.60. The monoisotopic (exact) mass is 877 g/mol. The molecular formula is C46H67N7O10. The Hall–Kier alpha value is -4.26. The fraction of sp³-hybridized carbons (Fsp3) is 0.696. The number of aromatic nitrogens is 2. The van der Waals surface area contributed by atoms with Gasteiger partial charge in [-0.2, -0.15) is 0 Å². The van der Waals surface area contributed by atoms with Gasteiger partial charge in [-0.05, 0) is 91.2 Å². The second kappa shape index (κ2) is 19.1. The average molecular weight is 878 g/mol. The molecular weight excluding hydrogens is 811 g/mol. The van der Waals surface area contributed by atoms with Crippen molar-refractivity contribution in [3.8, 4) is 11.4 Å². The summed E-state index contributed by atoms with van der Waals surface area (Å²) in [6.07, 6.45) is -2.02. The van der Waals surface area contributed by atoms with Gasteiger partial charge in [0.2, 0.25) is 0 Å². The van der Waals surface area contributed by atoms with Crippen molar-refractivity contribution < 1.29 is 48.0 Å². The van der Waals surface area contributed by atoms with Gasteiger partial charge in [0.1, 0.15) is 17.9 Å². The number of aliphatic hydroxyl groups is 1. The van der Waals surface area contributed by atoms with Crippen LogP contribution >= 0.6 is 0 Å². The summed E-state index contributed by atoms with van der Waals surface area (Å²) in [6, 6.07) is 8.48. The molecule has 4 saturated heterocycles. The van der Waals surface area contributed by atoms with Gasteiger partial charge < -0.3 is 49.0 Å². The quantitative estimate of drug-likeness (QED) is 0.268. The summed E-state index contributed by atoms with van der Waals surface area (Å²) in [5, 5.41) is 16.4. The molecule has 2 aromatic heterocycles. The van der Waals surface area contributed by atoms with Crippen molar-refractivity contribution in [2.24, 2.45) is 33.8 Å². The van der Waals surface area contributed by atoms with Gasteiger partial charge >= 0.3 is 12.1 Å². The first-order valence-electron chi connectivity index (χ1n) is 22.4. The van der Waals surface area contributed by atoms with Crippen molar-refractivity contribution in [3.05, 3.63) is 42.2 Å². The molecule has 0 aliphatic carbocycles. The molecule has 7 rings (SSSR count). The zero-order chi connectivity index (χ0) is 45.4. The molecule has 346 valence electrons. The number of esters is 1. The largest absolute Gasteiger partial charge is 0.458 e. The van der Waals surface area contributed by atoms with Gasteiger partial charge in [0.05, 0.1) is 84.6 Å². The van der Waals surface area contributed by atoms with Crippen molar-refractivity contribution in [2.75, 3.05) is 46.1 Å². The number of aliphatic imine (C=N–C) groups is 1. The fourth-order valence-corrected chi connectivity index (χ4v) is 10.7. The Bertz CT molecular complexity index is 2000. The SMILES string of the molecule is CC[C@@H]1OC(=O)[C@H](C)[C@H]2OCC(=NOCc3cccc(-c4ccc(N)cn4)n3)CO[C@](C)(C[C@@H](C)C3=NCCN4C(=O)O[C@@]1(C)[C@H]4[C@H]3C)[C@@H](O[C@H]1O[C@@H](C)C[C@@H](N(C)C)[C@@H]1O)[C@@H]2C. The van der Waals surface area contributed by atoms with E-state index in [0.717, 1.165) is 5.71 Å². The van der Waals surface area contributed by atoms with Crippen LogP contribution in [0.4, 0.5) is 10.5 Å². The molecule has 2 aromatic rings. The topological polar surface area (TPSA) is 202 Å². The molecule has 0 unspecified atom stereocenters. The number of cyclic esters (lactones) is 1. The molecule has 17 heteroatoms. The van der Waals surface area contributed by atoms with E-state index < -0.39 is 71.8 Å². The first kappa shape index (κ1) is 46.7. The zero-order valence-electron chi connectivity index (χ0n) is 38.4. The third-order valence-electron chi connectivity index (χ3n) is 13.8. The summed E-state index contributed by atoms with van der Waals surface area (Å²) < 4.78 is 39.9. The van der Waals surface area contributed by atoms with Crippen LogP contribution in [0.1, 0.15) is 80.3 Å². The Labute approximate surface area is 371 Å². The number of likely N-dealkylation sites (N-methyl/N-ethyl adjacent to an activating group) is 1. The predicted molar refractivity (Wildman–Crippen MR) is 235 cm³/mol. The second-order valence-electron chi connectivity index (χ2n) is 18.8. The average Bonchev–Trinajstić information content (AvgIpc) is 3.39. The van der Waals surface area contributed by atoms with Crippen molar-refractivity contribution in [1.82, 2.24) is 19.8 Å². The Balaban J connectivity index is 1.28. The van der Waals surface area contributed by atoms with Crippen molar-refractivity contribution in [2.45, 2.75) is 141 Å². The Morgan fingerprint density at radius 1 is 1.05 bits per heavy atom. The number of carbonyl (C=O) groups is 2. The highest BCUT2D eigenvalue weighted by molar-refractivity contribution is 5.91. The molecule has 63 heavy (non-hydrogen) atoms. The van der Waals surface area contributed by atoms with Crippen LogP contribution in [0.5, 0.6) is 0 Å². The number of aliphatic hydroxyl groups excluding tert-OH is 1. The molecule has 3 N–H and O–H groups in total.